The summed E-state index contributed by atoms with van der Waals surface area (Å²) in [5.74, 6) is -1.41. The summed E-state index contributed by atoms with van der Waals surface area (Å²) in [5, 5.41) is 0. The lowest BCUT2D eigenvalue weighted by Crippen LogP contribution is -2.51. The topological polar surface area (TPSA) is 112 Å². The summed E-state index contributed by atoms with van der Waals surface area (Å²) in [4.78, 5) is 23.5. The number of rotatable bonds is 4. The number of hydrogen-bond donors (Lipinski definition) is 3. The molecule has 0 aromatic heterocycles. The molecule has 2 aromatic rings. The third-order valence-electron chi connectivity index (χ3n) is 3.24. The Labute approximate surface area is 116 Å². The SMILES string of the molecule is NC(=O)c1ccccc1C(N)(C(N)=O)c1ccccc1. The quantitative estimate of drug-likeness (QED) is 0.750. The molecule has 102 valence electrons. The lowest BCUT2D eigenvalue weighted by atomic mass is 9.80. The second kappa shape index (κ2) is 5.14. The molecule has 0 fully saturated rings. The van der Waals surface area contributed by atoms with Gasteiger partial charge in [-0.15, -0.1) is 0 Å². The van der Waals surface area contributed by atoms with Crippen molar-refractivity contribution in [3.8, 4) is 0 Å². The molecule has 5 heteroatoms. The van der Waals surface area contributed by atoms with Gasteiger partial charge in [0, 0.05) is 5.56 Å². The Hall–Kier alpha value is -2.66. The van der Waals surface area contributed by atoms with Crippen molar-refractivity contribution >= 4 is 11.8 Å². The first-order valence-electron chi connectivity index (χ1n) is 6.01. The number of benzene rings is 2. The third kappa shape index (κ3) is 2.15. The van der Waals surface area contributed by atoms with Crippen molar-refractivity contribution in [2.75, 3.05) is 0 Å². The van der Waals surface area contributed by atoms with E-state index in [0.717, 1.165) is 0 Å². The molecule has 20 heavy (non-hydrogen) atoms. The van der Waals surface area contributed by atoms with Gasteiger partial charge in [0.05, 0.1) is 0 Å². The first-order chi connectivity index (χ1) is 9.48. The zero-order chi connectivity index (χ0) is 14.8. The maximum atomic E-state index is 11.9. The molecule has 2 rings (SSSR count). The number of carbonyl (C=O) groups excluding carboxylic acids is 2. The Morgan fingerprint density at radius 2 is 1.40 bits per heavy atom. The maximum Gasteiger partial charge on any atom is 0.249 e. The molecule has 2 aromatic carbocycles. The van der Waals surface area contributed by atoms with Gasteiger partial charge in [0.1, 0.15) is 5.54 Å². The van der Waals surface area contributed by atoms with Crippen LogP contribution in [0.5, 0.6) is 0 Å². The Morgan fingerprint density at radius 3 is 1.95 bits per heavy atom. The van der Waals surface area contributed by atoms with Crippen LogP contribution < -0.4 is 17.2 Å². The van der Waals surface area contributed by atoms with Crippen molar-refractivity contribution in [2.45, 2.75) is 5.54 Å². The monoisotopic (exact) mass is 269 g/mol. The van der Waals surface area contributed by atoms with E-state index in [1.807, 2.05) is 0 Å². The molecule has 0 spiro atoms. The number of nitrogens with two attached hydrogens (primary N) is 3. The number of primary amides is 2. The second-order valence-corrected chi connectivity index (χ2v) is 4.45. The minimum absolute atomic E-state index is 0.178. The van der Waals surface area contributed by atoms with Gasteiger partial charge >= 0.3 is 0 Å². The summed E-state index contributed by atoms with van der Waals surface area (Å²) >= 11 is 0. The number of carbonyl (C=O) groups is 2. The van der Waals surface area contributed by atoms with Gasteiger partial charge in [-0.05, 0) is 17.2 Å². The summed E-state index contributed by atoms with van der Waals surface area (Å²) in [6.07, 6.45) is 0. The van der Waals surface area contributed by atoms with E-state index in [4.69, 9.17) is 17.2 Å². The molecule has 0 aliphatic heterocycles. The summed E-state index contributed by atoms with van der Waals surface area (Å²) in [7, 11) is 0. The fraction of sp³-hybridized carbons (Fsp3) is 0.0667. The van der Waals surface area contributed by atoms with Crippen LogP contribution in [0.3, 0.4) is 0 Å². The third-order valence-corrected chi connectivity index (χ3v) is 3.24. The van der Waals surface area contributed by atoms with E-state index in [0.29, 0.717) is 11.1 Å². The smallest absolute Gasteiger partial charge is 0.249 e. The average Bonchev–Trinajstić information content (AvgIpc) is 2.47. The molecule has 6 N–H and O–H groups in total. The molecule has 0 saturated heterocycles. The fourth-order valence-electron chi connectivity index (χ4n) is 2.17. The van der Waals surface area contributed by atoms with E-state index in [1.165, 1.54) is 6.07 Å². The normalized spacial score (nSPS) is 13.4. The molecule has 1 atom stereocenters. The van der Waals surface area contributed by atoms with Crippen LogP contribution in [0.15, 0.2) is 54.6 Å². The van der Waals surface area contributed by atoms with Crippen LogP contribution in [0, 0.1) is 0 Å². The first kappa shape index (κ1) is 13.8. The van der Waals surface area contributed by atoms with E-state index in [-0.39, 0.29) is 5.56 Å². The van der Waals surface area contributed by atoms with Gasteiger partial charge in [-0.2, -0.15) is 0 Å². The minimum Gasteiger partial charge on any atom is -0.367 e. The van der Waals surface area contributed by atoms with Crippen molar-refractivity contribution in [3.05, 3.63) is 71.3 Å². The highest BCUT2D eigenvalue weighted by molar-refractivity contribution is 5.99. The van der Waals surface area contributed by atoms with Crippen LogP contribution in [-0.4, -0.2) is 11.8 Å². The molecular weight excluding hydrogens is 254 g/mol. The van der Waals surface area contributed by atoms with Gasteiger partial charge in [-0.1, -0.05) is 48.5 Å². The highest BCUT2D eigenvalue weighted by atomic mass is 16.2. The van der Waals surface area contributed by atoms with Crippen molar-refractivity contribution < 1.29 is 9.59 Å². The van der Waals surface area contributed by atoms with E-state index in [2.05, 4.69) is 0 Å². The summed E-state index contributed by atoms with van der Waals surface area (Å²) in [6, 6.07) is 15.1. The fourth-order valence-corrected chi connectivity index (χ4v) is 2.17. The Kier molecular flexibility index (Phi) is 3.54. The van der Waals surface area contributed by atoms with Crippen molar-refractivity contribution in [1.29, 1.82) is 0 Å². The largest absolute Gasteiger partial charge is 0.367 e. The van der Waals surface area contributed by atoms with E-state index < -0.39 is 17.4 Å². The Bertz CT molecular complexity index is 655. The van der Waals surface area contributed by atoms with Gasteiger partial charge in [-0.25, -0.2) is 0 Å². The van der Waals surface area contributed by atoms with E-state index in [9.17, 15) is 9.59 Å². The maximum absolute atomic E-state index is 11.9. The zero-order valence-corrected chi connectivity index (χ0v) is 10.7. The Balaban J connectivity index is 2.73. The van der Waals surface area contributed by atoms with Crippen molar-refractivity contribution in [2.24, 2.45) is 17.2 Å². The summed E-state index contributed by atoms with van der Waals surface area (Å²) in [5.41, 5.74) is 16.4. The van der Waals surface area contributed by atoms with Gasteiger partial charge in [0.2, 0.25) is 11.8 Å². The van der Waals surface area contributed by atoms with Gasteiger partial charge in [0.25, 0.3) is 0 Å². The number of hydrogen-bond acceptors (Lipinski definition) is 3. The lowest BCUT2D eigenvalue weighted by Gasteiger charge is -2.28. The summed E-state index contributed by atoms with van der Waals surface area (Å²) < 4.78 is 0. The predicted molar refractivity (Wildman–Crippen MR) is 75.6 cm³/mol. The number of amides is 2. The van der Waals surface area contributed by atoms with Crippen LogP contribution in [0.2, 0.25) is 0 Å². The van der Waals surface area contributed by atoms with Crippen LogP contribution in [0.4, 0.5) is 0 Å². The highest BCUT2D eigenvalue weighted by Crippen LogP contribution is 2.29. The standard InChI is InChI=1S/C15H15N3O2/c16-13(19)11-8-4-5-9-12(11)15(18,14(17)20)10-6-2-1-3-7-10/h1-9H,18H2,(H2,16,19)(H2,17,20). The van der Waals surface area contributed by atoms with Crippen molar-refractivity contribution in [3.63, 3.8) is 0 Å². The molecule has 1 unspecified atom stereocenters. The van der Waals surface area contributed by atoms with Crippen molar-refractivity contribution in [1.82, 2.24) is 0 Å². The van der Waals surface area contributed by atoms with E-state index in [1.54, 1.807) is 48.5 Å². The van der Waals surface area contributed by atoms with Gasteiger partial charge in [0.15, 0.2) is 0 Å². The van der Waals surface area contributed by atoms with Crippen LogP contribution in [0.25, 0.3) is 0 Å². The predicted octanol–water partition coefficient (Wildman–Crippen LogP) is 0.473. The van der Waals surface area contributed by atoms with Crippen LogP contribution >= 0.6 is 0 Å². The molecular formula is C15H15N3O2. The molecule has 0 aliphatic carbocycles. The highest BCUT2D eigenvalue weighted by Gasteiger charge is 2.38. The molecule has 0 heterocycles. The molecule has 2 amide bonds. The van der Waals surface area contributed by atoms with Crippen LogP contribution in [0.1, 0.15) is 21.5 Å². The zero-order valence-electron chi connectivity index (χ0n) is 10.7. The molecule has 0 aliphatic rings. The minimum atomic E-state index is -1.60. The lowest BCUT2D eigenvalue weighted by molar-refractivity contribution is -0.122. The molecule has 0 radical (unpaired) electrons. The van der Waals surface area contributed by atoms with Crippen LogP contribution in [-0.2, 0) is 10.3 Å². The Morgan fingerprint density at radius 1 is 0.850 bits per heavy atom. The molecule has 0 bridgehead atoms. The van der Waals surface area contributed by atoms with E-state index >= 15 is 0 Å². The summed E-state index contributed by atoms with van der Waals surface area (Å²) in [6.45, 7) is 0. The molecule has 0 saturated carbocycles. The van der Waals surface area contributed by atoms with Gasteiger partial charge in [-0.3, -0.25) is 9.59 Å². The molecule has 5 nitrogen and oxygen atoms in total. The first-order valence-corrected chi connectivity index (χ1v) is 6.01. The second-order valence-electron chi connectivity index (χ2n) is 4.45. The van der Waals surface area contributed by atoms with Gasteiger partial charge < -0.3 is 17.2 Å². The average molecular weight is 269 g/mol.